The van der Waals surface area contributed by atoms with E-state index in [1.54, 1.807) is 10.9 Å². The third-order valence-electron chi connectivity index (χ3n) is 2.16. The van der Waals surface area contributed by atoms with Crippen LogP contribution >= 0.6 is 0 Å². The first-order chi connectivity index (χ1) is 7.20. The summed E-state index contributed by atoms with van der Waals surface area (Å²) in [5.74, 6) is 1.37. The summed E-state index contributed by atoms with van der Waals surface area (Å²) in [5, 5.41) is 4.31. The van der Waals surface area contributed by atoms with Crippen LogP contribution in [0.25, 0.3) is 11.5 Å². The molecule has 0 bridgehead atoms. The minimum absolute atomic E-state index is 0.543. The summed E-state index contributed by atoms with van der Waals surface area (Å²) in [4.78, 5) is 4.14. The number of aryl methyl sites for hydroxylation is 2. The fraction of sp³-hybridized carbons (Fsp3) is 0.400. The van der Waals surface area contributed by atoms with Crippen molar-refractivity contribution in [3.05, 3.63) is 23.8 Å². The normalized spacial score (nSPS) is 10.9. The lowest BCUT2D eigenvalue weighted by Gasteiger charge is -1.91. The van der Waals surface area contributed by atoms with Gasteiger partial charge in [0, 0.05) is 26.2 Å². The Morgan fingerprint density at radius 3 is 2.93 bits per heavy atom. The largest absolute Gasteiger partial charge is 0.439 e. The van der Waals surface area contributed by atoms with E-state index in [1.165, 1.54) is 0 Å². The molecule has 2 heterocycles. The SMILES string of the molecule is Cc1cn(C)nc1-c1cnc(CCN)o1. The Hall–Kier alpha value is -1.62. The number of hydrogen-bond donors (Lipinski definition) is 1. The number of aromatic nitrogens is 3. The zero-order valence-electron chi connectivity index (χ0n) is 8.90. The molecule has 5 nitrogen and oxygen atoms in total. The summed E-state index contributed by atoms with van der Waals surface area (Å²) in [6, 6.07) is 0. The maximum absolute atomic E-state index is 5.54. The van der Waals surface area contributed by atoms with Crippen molar-refractivity contribution < 1.29 is 4.42 Å². The molecule has 0 saturated heterocycles. The molecule has 0 aromatic carbocycles. The van der Waals surface area contributed by atoms with Crippen LogP contribution in [0.3, 0.4) is 0 Å². The summed E-state index contributed by atoms with van der Waals surface area (Å²) in [7, 11) is 1.88. The molecule has 0 aliphatic rings. The Morgan fingerprint density at radius 1 is 1.53 bits per heavy atom. The summed E-state index contributed by atoms with van der Waals surface area (Å²) in [5.41, 5.74) is 7.34. The molecule has 0 spiro atoms. The van der Waals surface area contributed by atoms with Crippen LogP contribution in [-0.4, -0.2) is 21.3 Å². The summed E-state index contributed by atoms with van der Waals surface area (Å²) >= 11 is 0. The van der Waals surface area contributed by atoms with Crippen molar-refractivity contribution in [2.45, 2.75) is 13.3 Å². The molecule has 2 aromatic rings. The first-order valence-electron chi connectivity index (χ1n) is 4.86. The Labute approximate surface area is 87.9 Å². The minimum atomic E-state index is 0.543. The number of nitrogens with two attached hydrogens (primary N) is 1. The third kappa shape index (κ3) is 1.92. The van der Waals surface area contributed by atoms with E-state index >= 15 is 0 Å². The molecule has 2 N–H and O–H groups in total. The van der Waals surface area contributed by atoms with Crippen LogP contribution in [0.4, 0.5) is 0 Å². The Bertz CT molecular complexity index is 458. The van der Waals surface area contributed by atoms with E-state index in [9.17, 15) is 0 Å². The molecule has 0 amide bonds. The maximum atomic E-state index is 5.54. The molecule has 0 aliphatic heterocycles. The number of oxazole rings is 1. The van der Waals surface area contributed by atoms with E-state index in [-0.39, 0.29) is 0 Å². The van der Waals surface area contributed by atoms with Crippen LogP contribution in [0.15, 0.2) is 16.8 Å². The predicted molar refractivity (Wildman–Crippen MR) is 56.2 cm³/mol. The minimum Gasteiger partial charge on any atom is -0.439 e. The highest BCUT2D eigenvalue weighted by atomic mass is 16.4. The van der Waals surface area contributed by atoms with Gasteiger partial charge in [-0.3, -0.25) is 4.68 Å². The number of rotatable bonds is 3. The van der Waals surface area contributed by atoms with Gasteiger partial charge >= 0.3 is 0 Å². The first kappa shape index (κ1) is 9.92. The van der Waals surface area contributed by atoms with Gasteiger partial charge in [0.25, 0.3) is 0 Å². The van der Waals surface area contributed by atoms with Crippen molar-refractivity contribution in [2.75, 3.05) is 6.54 Å². The molecular weight excluding hydrogens is 192 g/mol. The van der Waals surface area contributed by atoms with Gasteiger partial charge in [-0.2, -0.15) is 5.10 Å². The fourth-order valence-electron chi connectivity index (χ4n) is 1.51. The lowest BCUT2D eigenvalue weighted by Crippen LogP contribution is -2.02. The second-order valence-corrected chi connectivity index (χ2v) is 3.49. The van der Waals surface area contributed by atoms with E-state index in [0.29, 0.717) is 24.6 Å². The lowest BCUT2D eigenvalue weighted by atomic mass is 10.2. The van der Waals surface area contributed by atoms with Crippen LogP contribution < -0.4 is 5.73 Å². The molecule has 0 atom stereocenters. The van der Waals surface area contributed by atoms with Gasteiger partial charge in [0.2, 0.25) is 0 Å². The van der Waals surface area contributed by atoms with Gasteiger partial charge in [-0.25, -0.2) is 4.98 Å². The smallest absolute Gasteiger partial charge is 0.196 e. The zero-order chi connectivity index (χ0) is 10.8. The van der Waals surface area contributed by atoms with Gasteiger partial charge in [-0.1, -0.05) is 0 Å². The molecule has 5 heteroatoms. The number of hydrogen-bond acceptors (Lipinski definition) is 4. The van der Waals surface area contributed by atoms with Crippen LogP contribution in [0.1, 0.15) is 11.5 Å². The molecule has 0 unspecified atom stereocenters. The molecule has 0 fully saturated rings. The fourth-order valence-corrected chi connectivity index (χ4v) is 1.51. The molecule has 80 valence electrons. The predicted octanol–water partition coefficient (Wildman–Crippen LogP) is 0.885. The molecular formula is C10H14N4O. The van der Waals surface area contributed by atoms with E-state index in [0.717, 1.165) is 11.3 Å². The van der Waals surface area contributed by atoms with E-state index < -0.39 is 0 Å². The van der Waals surface area contributed by atoms with Gasteiger partial charge in [-0.15, -0.1) is 0 Å². The summed E-state index contributed by atoms with van der Waals surface area (Å²) in [6.07, 6.45) is 4.30. The molecule has 0 saturated carbocycles. The van der Waals surface area contributed by atoms with Crippen molar-refractivity contribution in [1.29, 1.82) is 0 Å². The first-order valence-corrected chi connectivity index (χ1v) is 4.86. The van der Waals surface area contributed by atoms with Crippen molar-refractivity contribution >= 4 is 0 Å². The summed E-state index contributed by atoms with van der Waals surface area (Å²) < 4.78 is 7.30. The van der Waals surface area contributed by atoms with Crippen LogP contribution in [-0.2, 0) is 13.5 Å². The van der Waals surface area contributed by atoms with E-state index in [4.69, 9.17) is 10.2 Å². The highest BCUT2D eigenvalue weighted by molar-refractivity contribution is 5.54. The molecule has 15 heavy (non-hydrogen) atoms. The van der Waals surface area contributed by atoms with Crippen LogP contribution in [0.2, 0.25) is 0 Å². The highest BCUT2D eigenvalue weighted by Gasteiger charge is 2.11. The summed E-state index contributed by atoms with van der Waals surface area (Å²) in [6.45, 7) is 2.54. The Morgan fingerprint density at radius 2 is 2.33 bits per heavy atom. The van der Waals surface area contributed by atoms with Crippen molar-refractivity contribution in [3.63, 3.8) is 0 Å². The molecule has 0 radical (unpaired) electrons. The standard InChI is InChI=1S/C10H14N4O/c1-7-6-14(2)13-10(7)8-5-12-9(15-8)3-4-11/h5-6H,3-4,11H2,1-2H3. The quantitative estimate of drug-likeness (QED) is 0.809. The van der Waals surface area contributed by atoms with Gasteiger partial charge in [0.1, 0.15) is 5.69 Å². The van der Waals surface area contributed by atoms with Crippen molar-refractivity contribution in [2.24, 2.45) is 12.8 Å². The average Bonchev–Trinajstić information content (AvgIpc) is 2.73. The van der Waals surface area contributed by atoms with Gasteiger partial charge in [-0.05, 0) is 12.5 Å². The second-order valence-electron chi connectivity index (χ2n) is 3.49. The maximum Gasteiger partial charge on any atom is 0.196 e. The monoisotopic (exact) mass is 206 g/mol. The topological polar surface area (TPSA) is 69.9 Å². The van der Waals surface area contributed by atoms with Crippen LogP contribution in [0, 0.1) is 6.92 Å². The average molecular weight is 206 g/mol. The molecule has 0 aliphatic carbocycles. The molecule has 2 rings (SSSR count). The number of nitrogens with zero attached hydrogens (tertiary/aromatic N) is 3. The second kappa shape index (κ2) is 3.86. The van der Waals surface area contributed by atoms with Crippen molar-refractivity contribution in [3.8, 4) is 11.5 Å². The Kier molecular flexibility index (Phi) is 2.55. The van der Waals surface area contributed by atoms with E-state index in [2.05, 4.69) is 10.1 Å². The highest BCUT2D eigenvalue weighted by Crippen LogP contribution is 2.21. The Balaban J connectivity index is 2.32. The zero-order valence-corrected chi connectivity index (χ0v) is 8.90. The molecule has 2 aromatic heterocycles. The van der Waals surface area contributed by atoms with Gasteiger partial charge < -0.3 is 10.2 Å². The van der Waals surface area contributed by atoms with Gasteiger partial charge in [0.15, 0.2) is 11.7 Å². The third-order valence-corrected chi connectivity index (χ3v) is 2.16. The lowest BCUT2D eigenvalue weighted by molar-refractivity contribution is 0.505. The van der Waals surface area contributed by atoms with E-state index in [1.807, 2.05) is 20.2 Å². The van der Waals surface area contributed by atoms with Gasteiger partial charge in [0.05, 0.1) is 6.20 Å². The van der Waals surface area contributed by atoms with Crippen molar-refractivity contribution in [1.82, 2.24) is 14.8 Å². The van der Waals surface area contributed by atoms with Crippen LogP contribution in [0.5, 0.6) is 0 Å².